The summed E-state index contributed by atoms with van der Waals surface area (Å²) in [4.78, 5) is 17.6. The number of ether oxygens (including phenoxy) is 1. The zero-order valence-electron chi connectivity index (χ0n) is 16.0. The van der Waals surface area contributed by atoms with Gasteiger partial charge in [0.15, 0.2) is 0 Å². The number of carbonyl (C=O) groups excluding carboxylic acids is 1. The number of thioether (sulfide) groups is 1. The summed E-state index contributed by atoms with van der Waals surface area (Å²) in [7, 11) is 0. The van der Waals surface area contributed by atoms with Gasteiger partial charge in [-0.3, -0.25) is 4.79 Å². The third kappa shape index (κ3) is 5.40. The van der Waals surface area contributed by atoms with Crippen LogP contribution in [0.5, 0.6) is 5.75 Å². The molecule has 144 valence electrons. The molecule has 0 bridgehead atoms. The van der Waals surface area contributed by atoms with E-state index in [-0.39, 0.29) is 5.91 Å². The van der Waals surface area contributed by atoms with E-state index in [2.05, 4.69) is 16.1 Å². The molecule has 4 nitrogen and oxygen atoms in total. The lowest BCUT2D eigenvalue weighted by Gasteiger charge is -2.28. The van der Waals surface area contributed by atoms with Crippen molar-refractivity contribution in [3.63, 3.8) is 0 Å². The topological polar surface area (TPSA) is 32.8 Å². The van der Waals surface area contributed by atoms with Gasteiger partial charge in [0.1, 0.15) is 5.75 Å². The number of benzene rings is 1. The van der Waals surface area contributed by atoms with E-state index in [1.54, 1.807) is 0 Å². The molecule has 2 heterocycles. The van der Waals surface area contributed by atoms with Crippen LogP contribution in [0.15, 0.2) is 24.3 Å². The van der Waals surface area contributed by atoms with Gasteiger partial charge in [0, 0.05) is 24.7 Å². The molecule has 26 heavy (non-hydrogen) atoms. The Labute approximate surface area is 162 Å². The number of carbonyl (C=O) groups is 1. The standard InChI is InChI=1S/C21H32N2O2S/c1-26-16-5-4-15-25-20-10-8-18(9-11-20)21(24)23-14-6-7-19(23)17-22-12-2-3-13-22/h8-11,19H,2-7,12-17H2,1H3. The van der Waals surface area contributed by atoms with Crippen LogP contribution in [0.1, 0.15) is 48.9 Å². The Balaban J connectivity index is 1.50. The maximum absolute atomic E-state index is 12.9. The van der Waals surface area contributed by atoms with Crippen molar-refractivity contribution < 1.29 is 9.53 Å². The Bertz CT molecular complexity index is 558. The van der Waals surface area contributed by atoms with Gasteiger partial charge in [0.2, 0.25) is 0 Å². The Morgan fingerprint density at radius 1 is 1.12 bits per heavy atom. The predicted molar refractivity (Wildman–Crippen MR) is 109 cm³/mol. The number of nitrogens with zero attached hydrogens (tertiary/aromatic N) is 2. The highest BCUT2D eigenvalue weighted by molar-refractivity contribution is 7.98. The van der Waals surface area contributed by atoms with Crippen LogP contribution in [-0.2, 0) is 0 Å². The lowest BCUT2D eigenvalue weighted by Crippen LogP contribution is -2.42. The van der Waals surface area contributed by atoms with Crippen LogP contribution in [0, 0.1) is 0 Å². The van der Waals surface area contributed by atoms with Crippen molar-refractivity contribution in [1.82, 2.24) is 9.80 Å². The van der Waals surface area contributed by atoms with Crippen LogP contribution in [0.3, 0.4) is 0 Å². The highest BCUT2D eigenvalue weighted by Gasteiger charge is 2.31. The minimum Gasteiger partial charge on any atom is -0.494 e. The van der Waals surface area contributed by atoms with Crippen LogP contribution in [-0.4, -0.2) is 66.5 Å². The maximum Gasteiger partial charge on any atom is 0.254 e. The Kier molecular flexibility index (Phi) is 7.69. The third-order valence-corrected chi connectivity index (χ3v) is 6.12. The fraction of sp³-hybridized carbons (Fsp3) is 0.667. The van der Waals surface area contributed by atoms with Gasteiger partial charge in [-0.05, 0) is 87.9 Å². The lowest BCUT2D eigenvalue weighted by atomic mass is 10.1. The van der Waals surface area contributed by atoms with Gasteiger partial charge in [-0.1, -0.05) is 0 Å². The number of hydrogen-bond donors (Lipinski definition) is 0. The van der Waals surface area contributed by atoms with E-state index in [1.165, 1.54) is 38.1 Å². The summed E-state index contributed by atoms with van der Waals surface area (Å²) in [5.41, 5.74) is 0.785. The van der Waals surface area contributed by atoms with Crippen LogP contribution < -0.4 is 4.74 Å². The number of unbranched alkanes of at least 4 members (excludes halogenated alkanes) is 1. The van der Waals surface area contributed by atoms with Crippen LogP contribution in [0.4, 0.5) is 0 Å². The summed E-state index contributed by atoms with van der Waals surface area (Å²) in [6.07, 6.45) is 9.27. The molecule has 2 aliphatic rings. The predicted octanol–water partition coefficient (Wildman–Crippen LogP) is 3.91. The van der Waals surface area contributed by atoms with Crippen molar-refractivity contribution in [3.05, 3.63) is 29.8 Å². The Morgan fingerprint density at radius 2 is 1.88 bits per heavy atom. The summed E-state index contributed by atoms with van der Waals surface area (Å²) < 4.78 is 5.78. The average molecular weight is 377 g/mol. The summed E-state index contributed by atoms with van der Waals surface area (Å²) in [5, 5.41) is 0. The third-order valence-electron chi connectivity index (χ3n) is 5.42. The van der Waals surface area contributed by atoms with Crippen molar-refractivity contribution in [1.29, 1.82) is 0 Å². The van der Waals surface area contributed by atoms with Crippen LogP contribution in [0.2, 0.25) is 0 Å². The second-order valence-electron chi connectivity index (χ2n) is 7.38. The molecule has 3 rings (SSSR count). The number of rotatable bonds is 9. The minimum absolute atomic E-state index is 0.179. The molecule has 2 saturated heterocycles. The molecule has 1 atom stereocenters. The van der Waals surface area contributed by atoms with Crippen molar-refractivity contribution in [2.75, 3.05) is 44.8 Å². The Morgan fingerprint density at radius 3 is 2.62 bits per heavy atom. The molecule has 5 heteroatoms. The van der Waals surface area contributed by atoms with Crippen LogP contribution in [0.25, 0.3) is 0 Å². The Hall–Kier alpha value is -1.20. The van der Waals surface area contributed by atoms with Crippen molar-refractivity contribution >= 4 is 17.7 Å². The largest absolute Gasteiger partial charge is 0.494 e. The first-order valence-electron chi connectivity index (χ1n) is 10.0. The minimum atomic E-state index is 0.179. The summed E-state index contributed by atoms with van der Waals surface area (Å²) in [6, 6.07) is 8.10. The fourth-order valence-electron chi connectivity index (χ4n) is 3.95. The molecule has 0 N–H and O–H groups in total. The zero-order chi connectivity index (χ0) is 18.2. The SMILES string of the molecule is CSCCCCOc1ccc(C(=O)N2CCCC2CN2CCCC2)cc1. The molecule has 1 aromatic rings. The first kappa shape index (κ1) is 19.6. The fourth-order valence-corrected chi connectivity index (χ4v) is 4.45. The summed E-state index contributed by atoms with van der Waals surface area (Å²) in [5.74, 6) is 2.23. The molecule has 0 spiro atoms. The van der Waals surface area contributed by atoms with Gasteiger partial charge in [-0.2, -0.15) is 11.8 Å². The molecule has 0 aliphatic carbocycles. The molecule has 0 aromatic heterocycles. The van der Waals surface area contributed by atoms with Gasteiger partial charge in [-0.15, -0.1) is 0 Å². The van der Waals surface area contributed by atoms with E-state index in [4.69, 9.17) is 4.74 Å². The van der Waals surface area contributed by atoms with Gasteiger partial charge < -0.3 is 14.5 Å². The summed E-state index contributed by atoms with van der Waals surface area (Å²) in [6.45, 7) is 5.08. The van der Waals surface area contributed by atoms with E-state index < -0.39 is 0 Å². The average Bonchev–Trinajstić information content (AvgIpc) is 3.34. The maximum atomic E-state index is 12.9. The molecule has 0 saturated carbocycles. The number of likely N-dealkylation sites (tertiary alicyclic amines) is 2. The molecular formula is C21H32N2O2S. The first-order chi connectivity index (χ1) is 12.8. The first-order valence-corrected chi connectivity index (χ1v) is 11.4. The molecule has 2 aliphatic heterocycles. The van der Waals surface area contributed by atoms with Crippen molar-refractivity contribution in [3.8, 4) is 5.75 Å². The van der Waals surface area contributed by atoms with E-state index in [0.717, 1.165) is 50.3 Å². The van der Waals surface area contributed by atoms with Gasteiger partial charge in [0.25, 0.3) is 5.91 Å². The highest BCUT2D eigenvalue weighted by Crippen LogP contribution is 2.23. The van der Waals surface area contributed by atoms with E-state index >= 15 is 0 Å². The summed E-state index contributed by atoms with van der Waals surface area (Å²) >= 11 is 1.87. The van der Waals surface area contributed by atoms with Crippen molar-refractivity contribution in [2.24, 2.45) is 0 Å². The molecule has 1 aromatic carbocycles. The second-order valence-corrected chi connectivity index (χ2v) is 8.36. The molecule has 0 radical (unpaired) electrons. The van der Waals surface area contributed by atoms with Crippen LogP contribution >= 0.6 is 11.8 Å². The molecule has 1 amide bonds. The molecular weight excluding hydrogens is 344 g/mol. The monoisotopic (exact) mass is 376 g/mol. The van der Waals surface area contributed by atoms with Gasteiger partial charge >= 0.3 is 0 Å². The van der Waals surface area contributed by atoms with E-state index in [1.807, 2.05) is 36.0 Å². The van der Waals surface area contributed by atoms with Gasteiger partial charge in [0.05, 0.1) is 6.61 Å². The quantitative estimate of drug-likeness (QED) is 0.612. The van der Waals surface area contributed by atoms with Gasteiger partial charge in [-0.25, -0.2) is 0 Å². The van der Waals surface area contributed by atoms with E-state index in [9.17, 15) is 4.79 Å². The lowest BCUT2D eigenvalue weighted by molar-refractivity contribution is 0.0708. The number of hydrogen-bond acceptors (Lipinski definition) is 4. The highest BCUT2D eigenvalue weighted by atomic mass is 32.2. The van der Waals surface area contributed by atoms with E-state index in [0.29, 0.717) is 6.04 Å². The molecule has 2 fully saturated rings. The smallest absolute Gasteiger partial charge is 0.254 e. The van der Waals surface area contributed by atoms with Crippen molar-refractivity contribution in [2.45, 2.75) is 44.6 Å². The zero-order valence-corrected chi connectivity index (χ0v) is 16.8. The normalized spacial score (nSPS) is 20.7. The number of amides is 1. The molecule has 1 unspecified atom stereocenters. The second kappa shape index (κ2) is 10.2.